The number of benzene rings is 2. The van der Waals surface area contributed by atoms with E-state index in [0.717, 1.165) is 28.6 Å². The van der Waals surface area contributed by atoms with Gasteiger partial charge < -0.3 is 19.4 Å². The molecule has 0 saturated carbocycles. The SMILES string of the molecule is COc1ccc(OCCNC(=O)c2cc(C)n(-c3ccccc3)c2C)cc1. The van der Waals surface area contributed by atoms with E-state index in [1.54, 1.807) is 7.11 Å². The van der Waals surface area contributed by atoms with E-state index in [1.807, 2.05) is 74.5 Å². The van der Waals surface area contributed by atoms with Crippen molar-refractivity contribution in [1.29, 1.82) is 0 Å². The summed E-state index contributed by atoms with van der Waals surface area (Å²) in [5.41, 5.74) is 3.68. The first kappa shape index (κ1) is 18.6. The lowest BCUT2D eigenvalue weighted by Gasteiger charge is -2.10. The first-order valence-corrected chi connectivity index (χ1v) is 8.89. The van der Waals surface area contributed by atoms with Crippen LogP contribution in [0.5, 0.6) is 11.5 Å². The lowest BCUT2D eigenvalue weighted by atomic mass is 10.2. The summed E-state index contributed by atoms with van der Waals surface area (Å²) in [6.07, 6.45) is 0. The minimum atomic E-state index is -0.0939. The van der Waals surface area contributed by atoms with Gasteiger partial charge in [-0.05, 0) is 56.3 Å². The van der Waals surface area contributed by atoms with Crippen molar-refractivity contribution in [3.05, 3.63) is 77.6 Å². The van der Waals surface area contributed by atoms with Gasteiger partial charge >= 0.3 is 0 Å². The van der Waals surface area contributed by atoms with E-state index in [2.05, 4.69) is 9.88 Å². The van der Waals surface area contributed by atoms with Crippen molar-refractivity contribution in [3.63, 3.8) is 0 Å². The molecule has 3 aromatic rings. The fourth-order valence-corrected chi connectivity index (χ4v) is 3.07. The zero-order valence-corrected chi connectivity index (χ0v) is 15.9. The molecule has 0 aliphatic heterocycles. The molecule has 0 aliphatic rings. The maximum Gasteiger partial charge on any atom is 0.253 e. The molecule has 5 heteroatoms. The Balaban J connectivity index is 1.58. The van der Waals surface area contributed by atoms with E-state index < -0.39 is 0 Å². The molecule has 0 radical (unpaired) electrons. The van der Waals surface area contributed by atoms with Gasteiger partial charge in [-0.3, -0.25) is 4.79 Å². The smallest absolute Gasteiger partial charge is 0.253 e. The van der Waals surface area contributed by atoms with Crippen molar-refractivity contribution in [2.45, 2.75) is 13.8 Å². The second-order valence-electron chi connectivity index (χ2n) is 6.24. The fourth-order valence-electron chi connectivity index (χ4n) is 3.07. The molecule has 1 amide bonds. The number of aromatic nitrogens is 1. The second-order valence-corrected chi connectivity index (χ2v) is 6.24. The summed E-state index contributed by atoms with van der Waals surface area (Å²) >= 11 is 0. The number of aryl methyl sites for hydroxylation is 1. The molecule has 0 saturated heterocycles. The van der Waals surface area contributed by atoms with Crippen molar-refractivity contribution < 1.29 is 14.3 Å². The third kappa shape index (κ3) is 4.31. The molecule has 1 N–H and O–H groups in total. The summed E-state index contributed by atoms with van der Waals surface area (Å²) in [4.78, 5) is 12.6. The summed E-state index contributed by atoms with van der Waals surface area (Å²) in [7, 11) is 1.63. The third-order valence-corrected chi connectivity index (χ3v) is 4.41. The highest BCUT2D eigenvalue weighted by Gasteiger charge is 2.16. The Hall–Kier alpha value is -3.21. The highest BCUT2D eigenvalue weighted by Crippen LogP contribution is 2.20. The van der Waals surface area contributed by atoms with E-state index >= 15 is 0 Å². The van der Waals surface area contributed by atoms with Crippen LogP contribution in [0.4, 0.5) is 0 Å². The lowest BCUT2D eigenvalue weighted by molar-refractivity contribution is 0.0946. The van der Waals surface area contributed by atoms with Crippen LogP contribution in [0.3, 0.4) is 0 Å². The van der Waals surface area contributed by atoms with Crippen LogP contribution >= 0.6 is 0 Å². The molecule has 140 valence electrons. The van der Waals surface area contributed by atoms with E-state index in [1.165, 1.54) is 0 Å². The van der Waals surface area contributed by atoms with Gasteiger partial charge in [-0.25, -0.2) is 0 Å². The molecule has 0 bridgehead atoms. The van der Waals surface area contributed by atoms with Gasteiger partial charge in [-0.2, -0.15) is 0 Å². The zero-order valence-electron chi connectivity index (χ0n) is 15.9. The minimum absolute atomic E-state index is 0.0939. The molecule has 0 aliphatic carbocycles. The number of hydrogen-bond donors (Lipinski definition) is 1. The van der Waals surface area contributed by atoms with E-state index in [9.17, 15) is 4.79 Å². The van der Waals surface area contributed by atoms with E-state index in [-0.39, 0.29) is 5.91 Å². The van der Waals surface area contributed by atoms with E-state index in [0.29, 0.717) is 18.7 Å². The van der Waals surface area contributed by atoms with Gasteiger partial charge in [0.05, 0.1) is 19.2 Å². The first-order chi connectivity index (χ1) is 13.1. The van der Waals surface area contributed by atoms with Gasteiger partial charge in [-0.1, -0.05) is 18.2 Å². The Labute approximate surface area is 159 Å². The quantitative estimate of drug-likeness (QED) is 0.647. The van der Waals surface area contributed by atoms with Gasteiger partial charge in [0.1, 0.15) is 18.1 Å². The topological polar surface area (TPSA) is 52.5 Å². The van der Waals surface area contributed by atoms with Gasteiger partial charge in [0, 0.05) is 17.1 Å². The van der Waals surface area contributed by atoms with Crippen LogP contribution in [-0.4, -0.2) is 30.7 Å². The second kappa shape index (κ2) is 8.45. The number of carbonyl (C=O) groups excluding carboxylic acids is 1. The molecule has 0 atom stereocenters. The summed E-state index contributed by atoms with van der Waals surface area (Å²) in [6, 6.07) is 19.3. The maximum absolute atomic E-state index is 12.6. The van der Waals surface area contributed by atoms with Crippen LogP contribution in [0.1, 0.15) is 21.7 Å². The zero-order chi connectivity index (χ0) is 19.2. The molecule has 1 aromatic heterocycles. The van der Waals surface area contributed by atoms with Crippen LogP contribution in [0.15, 0.2) is 60.7 Å². The maximum atomic E-state index is 12.6. The number of para-hydroxylation sites is 1. The molecule has 0 fully saturated rings. The number of nitrogens with zero attached hydrogens (tertiary/aromatic N) is 1. The molecule has 2 aromatic carbocycles. The van der Waals surface area contributed by atoms with Crippen molar-refractivity contribution >= 4 is 5.91 Å². The van der Waals surface area contributed by atoms with Crippen LogP contribution in [0.2, 0.25) is 0 Å². The van der Waals surface area contributed by atoms with Gasteiger partial charge in [-0.15, -0.1) is 0 Å². The summed E-state index contributed by atoms with van der Waals surface area (Å²) in [5.74, 6) is 1.43. The molecule has 0 spiro atoms. The van der Waals surface area contributed by atoms with Crippen LogP contribution in [0, 0.1) is 13.8 Å². The van der Waals surface area contributed by atoms with Crippen LogP contribution in [-0.2, 0) is 0 Å². The molecule has 3 rings (SSSR count). The fraction of sp³-hybridized carbons (Fsp3) is 0.227. The highest BCUT2D eigenvalue weighted by atomic mass is 16.5. The standard InChI is InChI=1S/C22H24N2O3/c1-16-15-21(17(2)24(16)18-7-5-4-6-8-18)22(25)23-13-14-27-20-11-9-19(26-3)10-12-20/h4-12,15H,13-14H2,1-3H3,(H,23,25). The van der Waals surface area contributed by atoms with Crippen LogP contribution < -0.4 is 14.8 Å². The highest BCUT2D eigenvalue weighted by molar-refractivity contribution is 5.95. The van der Waals surface area contributed by atoms with Crippen molar-refractivity contribution in [1.82, 2.24) is 9.88 Å². The number of nitrogens with one attached hydrogen (secondary N) is 1. The van der Waals surface area contributed by atoms with Gasteiger partial charge in [0.15, 0.2) is 0 Å². The molecule has 5 nitrogen and oxygen atoms in total. The average Bonchev–Trinajstić information content (AvgIpc) is 3.00. The monoisotopic (exact) mass is 364 g/mol. The number of carbonyl (C=O) groups is 1. The largest absolute Gasteiger partial charge is 0.497 e. The number of ether oxygens (including phenoxy) is 2. The third-order valence-electron chi connectivity index (χ3n) is 4.41. The number of rotatable bonds is 7. The summed E-state index contributed by atoms with van der Waals surface area (Å²) in [5, 5.41) is 2.92. The van der Waals surface area contributed by atoms with Crippen molar-refractivity contribution in [2.24, 2.45) is 0 Å². The lowest BCUT2D eigenvalue weighted by Crippen LogP contribution is -2.28. The Kier molecular flexibility index (Phi) is 5.81. The van der Waals surface area contributed by atoms with E-state index in [4.69, 9.17) is 9.47 Å². The molecule has 0 unspecified atom stereocenters. The first-order valence-electron chi connectivity index (χ1n) is 8.89. The Morgan fingerprint density at radius 3 is 2.33 bits per heavy atom. The molecular formula is C22H24N2O3. The van der Waals surface area contributed by atoms with Gasteiger partial charge in [0.2, 0.25) is 0 Å². The average molecular weight is 364 g/mol. The number of amides is 1. The minimum Gasteiger partial charge on any atom is -0.497 e. The number of hydrogen-bond acceptors (Lipinski definition) is 3. The summed E-state index contributed by atoms with van der Waals surface area (Å²) in [6.45, 7) is 4.79. The predicted molar refractivity (Wildman–Crippen MR) is 106 cm³/mol. The summed E-state index contributed by atoms with van der Waals surface area (Å²) < 4.78 is 12.8. The van der Waals surface area contributed by atoms with Crippen LogP contribution in [0.25, 0.3) is 5.69 Å². The Morgan fingerprint density at radius 1 is 1.00 bits per heavy atom. The van der Waals surface area contributed by atoms with Crippen molar-refractivity contribution in [2.75, 3.05) is 20.3 Å². The molecule has 1 heterocycles. The Bertz CT molecular complexity index is 899. The predicted octanol–water partition coefficient (Wildman–Crippen LogP) is 3.91. The van der Waals surface area contributed by atoms with Crippen molar-refractivity contribution in [3.8, 4) is 17.2 Å². The Morgan fingerprint density at radius 2 is 1.67 bits per heavy atom. The normalized spacial score (nSPS) is 10.5. The van der Waals surface area contributed by atoms with Gasteiger partial charge in [0.25, 0.3) is 5.91 Å². The molecule has 27 heavy (non-hydrogen) atoms. The molecular weight excluding hydrogens is 340 g/mol. The number of methoxy groups -OCH3 is 1.